The van der Waals surface area contributed by atoms with Crippen LogP contribution in [-0.4, -0.2) is 16.1 Å². The van der Waals surface area contributed by atoms with E-state index in [1.165, 1.54) is 23.5 Å². The van der Waals surface area contributed by atoms with Gasteiger partial charge < -0.3 is 9.52 Å². The van der Waals surface area contributed by atoms with E-state index in [0.29, 0.717) is 17.0 Å². The summed E-state index contributed by atoms with van der Waals surface area (Å²) in [6.07, 6.45) is 0. The molecule has 1 N–H and O–H groups in total. The second-order valence-electron chi connectivity index (χ2n) is 3.61. The topological polar surface area (TPSA) is 63.3 Å². The SMILES string of the molecule is O=C(O)c1ccc2nc(-c3ccc(Br)s3)oc2c1. The van der Waals surface area contributed by atoms with Gasteiger partial charge in [0, 0.05) is 0 Å². The Morgan fingerprint density at radius 2 is 2.17 bits per heavy atom. The van der Waals surface area contributed by atoms with Crippen molar-refractivity contribution in [1.82, 2.24) is 4.98 Å². The monoisotopic (exact) mass is 323 g/mol. The second kappa shape index (κ2) is 4.22. The van der Waals surface area contributed by atoms with Gasteiger partial charge in [-0.15, -0.1) is 11.3 Å². The first-order valence-corrected chi connectivity index (χ1v) is 6.64. The van der Waals surface area contributed by atoms with Crippen LogP contribution in [0.5, 0.6) is 0 Å². The number of carboxylic acids is 1. The highest BCUT2D eigenvalue weighted by Crippen LogP contribution is 2.32. The van der Waals surface area contributed by atoms with Crippen molar-refractivity contribution in [3.63, 3.8) is 0 Å². The van der Waals surface area contributed by atoms with Crippen molar-refractivity contribution in [2.45, 2.75) is 0 Å². The number of carbonyl (C=O) groups is 1. The highest BCUT2D eigenvalue weighted by molar-refractivity contribution is 9.11. The first-order chi connectivity index (χ1) is 8.63. The van der Waals surface area contributed by atoms with Crippen molar-refractivity contribution in [1.29, 1.82) is 0 Å². The van der Waals surface area contributed by atoms with Gasteiger partial charge in [-0.1, -0.05) is 0 Å². The maximum absolute atomic E-state index is 10.9. The molecule has 0 aliphatic carbocycles. The lowest BCUT2D eigenvalue weighted by Gasteiger charge is -1.91. The summed E-state index contributed by atoms with van der Waals surface area (Å²) in [6, 6.07) is 8.46. The van der Waals surface area contributed by atoms with Crippen molar-refractivity contribution in [3.05, 3.63) is 39.7 Å². The summed E-state index contributed by atoms with van der Waals surface area (Å²) >= 11 is 4.89. The molecule has 0 atom stereocenters. The predicted octanol–water partition coefficient (Wildman–Crippen LogP) is 4.02. The minimum atomic E-state index is -0.978. The summed E-state index contributed by atoms with van der Waals surface area (Å²) in [5.41, 5.74) is 1.33. The third-order valence-corrected chi connectivity index (χ3v) is 4.03. The summed E-state index contributed by atoms with van der Waals surface area (Å²) in [4.78, 5) is 16.1. The fourth-order valence-corrected chi connectivity index (χ4v) is 2.90. The molecule has 4 nitrogen and oxygen atoms in total. The smallest absolute Gasteiger partial charge is 0.335 e. The molecule has 18 heavy (non-hydrogen) atoms. The molecule has 0 bridgehead atoms. The molecule has 0 spiro atoms. The van der Waals surface area contributed by atoms with Crippen LogP contribution in [0.4, 0.5) is 0 Å². The number of hydrogen-bond donors (Lipinski definition) is 1. The van der Waals surface area contributed by atoms with Crippen molar-refractivity contribution in [2.24, 2.45) is 0 Å². The minimum Gasteiger partial charge on any atom is -0.478 e. The molecule has 0 aliphatic rings. The van der Waals surface area contributed by atoms with Gasteiger partial charge in [0.1, 0.15) is 5.52 Å². The molecule has 6 heteroatoms. The van der Waals surface area contributed by atoms with Crippen LogP contribution in [0.3, 0.4) is 0 Å². The zero-order chi connectivity index (χ0) is 12.7. The average Bonchev–Trinajstić information content (AvgIpc) is 2.93. The first kappa shape index (κ1) is 11.4. The maximum Gasteiger partial charge on any atom is 0.335 e. The summed E-state index contributed by atoms with van der Waals surface area (Å²) < 4.78 is 6.57. The molecule has 0 radical (unpaired) electrons. The van der Waals surface area contributed by atoms with E-state index in [9.17, 15) is 4.79 Å². The number of carboxylic acid groups (broad SMARTS) is 1. The van der Waals surface area contributed by atoms with E-state index in [4.69, 9.17) is 9.52 Å². The van der Waals surface area contributed by atoms with Crippen molar-refractivity contribution < 1.29 is 14.3 Å². The number of benzene rings is 1. The van der Waals surface area contributed by atoms with Gasteiger partial charge in [0.05, 0.1) is 14.2 Å². The Morgan fingerprint density at radius 3 is 2.83 bits per heavy atom. The minimum absolute atomic E-state index is 0.192. The number of aromatic carboxylic acids is 1. The van der Waals surface area contributed by atoms with Crippen LogP contribution in [0.25, 0.3) is 21.9 Å². The molecule has 0 amide bonds. The molecule has 3 aromatic rings. The third kappa shape index (κ3) is 1.93. The van der Waals surface area contributed by atoms with Gasteiger partial charge in [-0.3, -0.25) is 0 Å². The summed E-state index contributed by atoms with van der Waals surface area (Å²) in [5.74, 6) is -0.475. The number of fused-ring (bicyclic) bond motifs is 1. The molecule has 1 aromatic carbocycles. The normalized spacial score (nSPS) is 10.9. The Bertz CT molecular complexity index is 747. The molecule has 0 saturated carbocycles. The Morgan fingerprint density at radius 1 is 1.33 bits per heavy atom. The number of hydrogen-bond acceptors (Lipinski definition) is 4. The van der Waals surface area contributed by atoms with Gasteiger partial charge in [0.25, 0.3) is 0 Å². The molecular formula is C12H6BrNO3S. The number of thiophene rings is 1. The molecule has 2 heterocycles. The summed E-state index contributed by atoms with van der Waals surface area (Å²) in [7, 11) is 0. The van der Waals surface area contributed by atoms with Crippen LogP contribution >= 0.6 is 27.3 Å². The Labute approximate surface area is 114 Å². The highest BCUT2D eigenvalue weighted by Gasteiger charge is 2.12. The van der Waals surface area contributed by atoms with Gasteiger partial charge in [-0.2, -0.15) is 0 Å². The molecule has 0 unspecified atom stereocenters. The van der Waals surface area contributed by atoms with Crippen LogP contribution in [0.2, 0.25) is 0 Å². The number of aromatic nitrogens is 1. The predicted molar refractivity (Wildman–Crippen MR) is 72.0 cm³/mol. The zero-order valence-electron chi connectivity index (χ0n) is 8.88. The van der Waals surface area contributed by atoms with Gasteiger partial charge in [-0.25, -0.2) is 9.78 Å². The van der Waals surface area contributed by atoms with E-state index in [0.717, 1.165) is 8.66 Å². The molecule has 2 aromatic heterocycles. The molecule has 0 saturated heterocycles. The van der Waals surface area contributed by atoms with Crippen LogP contribution < -0.4 is 0 Å². The second-order valence-corrected chi connectivity index (χ2v) is 6.07. The Kier molecular flexibility index (Phi) is 2.68. The fraction of sp³-hybridized carbons (Fsp3) is 0. The van der Waals surface area contributed by atoms with E-state index in [1.54, 1.807) is 6.07 Å². The Hall–Kier alpha value is -1.66. The van der Waals surface area contributed by atoms with E-state index in [2.05, 4.69) is 20.9 Å². The number of rotatable bonds is 2. The molecule has 0 fully saturated rings. The fourth-order valence-electron chi connectivity index (χ4n) is 1.59. The van der Waals surface area contributed by atoms with E-state index in [1.807, 2.05) is 12.1 Å². The number of halogens is 1. The Balaban J connectivity index is 2.13. The van der Waals surface area contributed by atoms with Crippen LogP contribution in [0.1, 0.15) is 10.4 Å². The van der Waals surface area contributed by atoms with Gasteiger partial charge in [0.15, 0.2) is 5.58 Å². The van der Waals surface area contributed by atoms with Gasteiger partial charge >= 0.3 is 5.97 Å². The number of nitrogens with zero attached hydrogens (tertiary/aromatic N) is 1. The van der Waals surface area contributed by atoms with Gasteiger partial charge in [0.2, 0.25) is 5.89 Å². The lowest BCUT2D eigenvalue weighted by molar-refractivity contribution is 0.0697. The average molecular weight is 324 g/mol. The van der Waals surface area contributed by atoms with E-state index in [-0.39, 0.29) is 5.56 Å². The van der Waals surface area contributed by atoms with E-state index >= 15 is 0 Å². The zero-order valence-corrected chi connectivity index (χ0v) is 11.3. The first-order valence-electron chi connectivity index (χ1n) is 5.03. The quantitative estimate of drug-likeness (QED) is 0.773. The molecule has 90 valence electrons. The largest absolute Gasteiger partial charge is 0.478 e. The van der Waals surface area contributed by atoms with Crippen molar-refractivity contribution in [2.75, 3.05) is 0 Å². The number of oxazole rings is 1. The summed E-state index contributed by atoms with van der Waals surface area (Å²) in [6.45, 7) is 0. The van der Waals surface area contributed by atoms with E-state index < -0.39 is 5.97 Å². The van der Waals surface area contributed by atoms with Crippen molar-refractivity contribution >= 4 is 44.3 Å². The molecular weight excluding hydrogens is 318 g/mol. The summed E-state index contributed by atoms with van der Waals surface area (Å²) in [5, 5.41) is 8.91. The maximum atomic E-state index is 10.9. The van der Waals surface area contributed by atoms with Crippen molar-refractivity contribution in [3.8, 4) is 10.8 Å². The van der Waals surface area contributed by atoms with Crippen LogP contribution in [0, 0.1) is 0 Å². The molecule has 3 rings (SSSR count). The third-order valence-electron chi connectivity index (χ3n) is 2.42. The van der Waals surface area contributed by atoms with Gasteiger partial charge in [-0.05, 0) is 46.3 Å². The molecule has 0 aliphatic heterocycles. The van der Waals surface area contributed by atoms with Crippen LogP contribution in [0.15, 0.2) is 38.5 Å². The van der Waals surface area contributed by atoms with Crippen LogP contribution in [-0.2, 0) is 0 Å². The highest BCUT2D eigenvalue weighted by atomic mass is 79.9. The lowest BCUT2D eigenvalue weighted by atomic mass is 10.2. The standard InChI is InChI=1S/C12H6BrNO3S/c13-10-4-3-9(18-10)11-14-7-2-1-6(12(15)16)5-8(7)17-11/h1-5H,(H,15,16). The lowest BCUT2D eigenvalue weighted by Crippen LogP contribution is -1.94.